The molecule has 0 bridgehead atoms. The lowest BCUT2D eigenvalue weighted by Gasteiger charge is -2.12. The van der Waals surface area contributed by atoms with Crippen LogP contribution in [0.2, 0.25) is 0 Å². The molecule has 0 aromatic heterocycles. The van der Waals surface area contributed by atoms with Crippen LogP contribution in [0.4, 0.5) is 0 Å². The second-order valence-corrected chi connectivity index (χ2v) is 4.37. The van der Waals surface area contributed by atoms with Crippen LogP contribution < -0.4 is 0 Å². The molecule has 12 heavy (non-hydrogen) atoms. The molecule has 1 heterocycles. The number of aliphatic hydroxyl groups is 2. The highest BCUT2D eigenvalue weighted by atomic mass is 16.6. The average Bonchev–Trinajstić information content (AvgIpc) is 2.59. The number of hydrogen-bond donors (Lipinski definition) is 2. The molecule has 2 N–H and O–H groups in total. The molecule has 2 saturated carbocycles. The van der Waals surface area contributed by atoms with Gasteiger partial charge < -0.3 is 14.9 Å². The Morgan fingerprint density at radius 3 is 2.83 bits per heavy atom. The number of hydrogen-bond acceptors (Lipinski definition) is 3. The zero-order valence-corrected chi connectivity index (χ0v) is 6.89. The molecule has 3 rings (SSSR count). The van der Waals surface area contributed by atoms with E-state index in [-0.39, 0.29) is 12.2 Å². The van der Waals surface area contributed by atoms with Crippen LogP contribution in [0, 0.1) is 17.8 Å². The van der Waals surface area contributed by atoms with E-state index < -0.39 is 6.29 Å². The molecule has 0 radical (unpaired) electrons. The maximum absolute atomic E-state index is 9.60. The molecule has 0 unspecified atom stereocenters. The van der Waals surface area contributed by atoms with Crippen molar-refractivity contribution in [1.29, 1.82) is 0 Å². The van der Waals surface area contributed by atoms with Crippen LogP contribution >= 0.6 is 0 Å². The highest BCUT2D eigenvalue weighted by Crippen LogP contribution is 2.54. The maximum atomic E-state index is 9.60. The summed E-state index contributed by atoms with van der Waals surface area (Å²) in [6.07, 6.45) is 2.17. The first-order valence-electron chi connectivity index (χ1n) is 4.79. The molecule has 0 spiro atoms. The molecule has 2 aliphatic carbocycles. The van der Waals surface area contributed by atoms with Gasteiger partial charge in [-0.15, -0.1) is 0 Å². The summed E-state index contributed by atoms with van der Waals surface area (Å²) in [5, 5.41) is 19.1. The van der Waals surface area contributed by atoms with E-state index in [1.165, 1.54) is 6.42 Å². The lowest BCUT2D eigenvalue weighted by molar-refractivity contribution is -0.130. The van der Waals surface area contributed by atoms with Gasteiger partial charge in [0, 0.05) is 5.92 Å². The van der Waals surface area contributed by atoms with Crippen molar-refractivity contribution in [1.82, 2.24) is 0 Å². The standard InChI is InChI=1S/C9H14O3/c10-6-3-4-1-2-5-7(4)8(6)12-9(5)11/h4-11H,1-3H2/t4-,5-,6-,7+,8+,9-/m0/s1. The van der Waals surface area contributed by atoms with Crippen molar-refractivity contribution < 1.29 is 14.9 Å². The fourth-order valence-electron chi connectivity index (χ4n) is 3.40. The molecule has 3 nitrogen and oxygen atoms in total. The fourth-order valence-corrected chi connectivity index (χ4v) is 3.40. The predicted molar refractivity (Wildman–Crippen MR) is 41.2 cm³/mol. The van der Waals surface area contributed by atoms with Crippen molar-refractivity contribution in [2.24, 2.45) is 17.8 Å². The van der Waals surface area contributed by atoms with Gasteiger partial charge in [-0.2, -0.15) is 0 Å². The summed E-state index contributed by atoms with van der Waals surface area (Å²) in [5.41, 5.74) is 0. The lowest BCUT2D eigenvalue weighted by atomic mass is 9.93. The van der Waals surface area contributed by atoms with E-state index in [0.29, 0.717) is 17.8 Å². The van der Waals surface area contributed by atoms with Crippen LogP contribution in [-0.2, 0) is 4.74 Å². The molecule has 1 aliphatic heterocycles. The van der Waals surface area contributed by atoms with Crippen LogP contribution in [-0.4, -0.2) is 28.7 Å². The molecule has 1 saturated heterocycles. The molecule has 3 fully saturated rings. The zero-order chi connectivity index (χ0) is 8.29. The van der Waals surface area contributed by atoms with Gasteiger partial charge in [-0.25, -0.2) is 0 Å². The van der Waals surface area contributed by atoms with Crippen LogP contribution in [0.15, 0.2) is 0 Å². The van der Waals surface area contributed by atoms with Gasteiger partial charge in [0.05, 0.1) is 12.2 Å². The Morgan fingerprint density at radius 1 is 1.17 bits per heavy atom. The highest BCUT2D eigenvalue weighted by Gasteiger charge is 2.57. The summed E-state index contributed by atoms with van der Waals surface area (Å²) in [5.74, 6) is 1.39. The Bertz CT molecular complexity index is 206. The Morgan fingerprint density at radius 2 is 2.00 bits per heavy atom. The number of aliphatic hydroxyl groups excluding tert-OH is 2. The minimum absolute atomic E-state index is 0.0579. The van der Waals surface area contributed by atoms with Gasteiger partial charge in [0.15, 0.2) is 6.29 Å². The first-order chi connectivity index (χ1) is 5.77. The van der Waals surface area contributed by atoms with E-state index in [0.717, 1.165) is 12.8 Å². The summed E-state index contributed by atoms with van der Waals surface area (Å²) in [4.78, 5) is 0. The van der Waals surface area contributed by atoms with Crippen LogP contribution in [0.25, 0.3) is 0 Å². The monoisotopic (exact) mass is 170 g/mol. The summed E-state index contributed by atoms with van der Waals surface area (Å²) < 4.78 is 5.34. The second-order valence-electron chi connectivity index (χ2n) is 4.37. The first kappa shape index (κ1) is 7.30. The van der Waals surface area contributed by atoms with Gasteiger partial charge >= 0.3 is 0 Å². The van der Waals surface area contributed by atoms with Crippen molar-refractivity contribution in [3.63, 3.8) is 0 Å². The Balaban J connectivity index is 1.93. The number of ether oxygens (including phenoxy) is 1. The average molecular weight is 170 g/mol. The third kappa shape index (κ3) is 0.721. The van der Waals surface area contributed by atoms with E-state index in [1.807, 2.05) is 0 Å². The van der Waals surface area contributed by atoms with Gasteiger partial charge in [0.2, 0.25) is 0 Å². The van der Waals surface area contributed by atoms with Crippen molar-refractivity contribution >= 4 is 0 Å². The van der Waals surface area contributed by atoms with Crippen LogP contribution in [0.5, 0.6) is 0 Å². The normalized spacial score (nSPS) is 62.5. The molecule has 0 aromatic carbocycles. The third-order valence-corrected chi connectivity index (χ3v) is 3.88. The van der Waals surface area contributed by atoms with E-state index in [9.17, 15) is 10.2 Å². The van der Waals surface area contributed by atoms with Crippen LogP contribution in [0.3, 0.4) is 0 Å². The van der Waals surface area contributed by atoms with Crippen molar-refractivity contribution in [3.05, 3.63) is 0 Å². The smallest absolute Gasteiger partial charge is 0.158 e. The van der Waals surface area contributed by atoms with Crippen molar-refractivity contribution in [2.75, 3.05) is 0 Å². The first-order valence-corrected chi connectivity index (χ1v) is 4.79. The predicted octanol–water partition coefficient (Wildman–Crippen LogP) is 0.111. The zero-order valence-electron chi connectivity index (χ0n) is 6.89. The van der Waals surface area contributed by atoms with E-state index in [4.69, 9.17) is 4.74 Å². The van der Waals surface area contributed by atoms with E-state index in [1.54, 1.807) is 0 Å². The summed E-state index contributed by atoms with van der Waals surface area (Å²) in [7, 11) is 0. The molecular weight excluding hydrogens is 156 g/mol. The molecule has 6 atom stereocenters. The summed E-state index contributed by atoms with van der Waals surface area (Å²) >= 11 is 0. The molecule has 0 amide bonds. The van der Waals surface area contributed by atoms with Crippen molar-refractivity contribution in [2.45, 2.75) is 37.8 Å². The van der Waals surface area contributed by atoms with Gasteiger partial charge in [-0.05, 0) is 31.1 Å². The van der Waals surface area contributed by atoms with Gasteiger partial charge in [0.25, 0.3) is 0 Å². The summed E-state index contributed by atoms with van der Waals surface area (Å²) in [6, 6.07) is 0. The molecule has 3 aliphatic rings. The van der Waals surface area contributed by atoms with E-state index >= 15 is 0 Å². The van der Waals surface area contributed by atoms with Gasteiger partial charge in [-0.3, -0.25) is 0 Å². The second kappa shape index (κ2) is 2.22. The SMILES string of the molecule is O[C@H]1C[C@@H]2CC[C@H]3[C@@H]2[C@@H]1O[C@@H]3O. The Kier molecular flexibility index (Phi) is 1.35. The van der Waals surface area contributed by atoms with Gasteiger partial charge in [-0.1, -0.05) is 0 Å². The third-order valence-electron chi connectivity index (χ3n) is 3.88. The minimum Gasteiger partial charge on any atom is -0.390 e. The Hall–Kier alpha value is -0.120. The highest BCUT2D eigenvalue weighted by molar-refractivity contribution is 5.03. The largest absolute Gasteiger partial charge is 0.390 e. The number of rotatable bonds is 0. The molecule has 68 valence electrons. The van der Waals surface area contributed by atoms with Crippen molar-refractivity contribution in [3.8, 4) is 0 Å². The van der Waals surface area contributed by atoms with E-state index in [2.05, 4.69) is 0 Å². The van der Waals surface area contributed by atoms with Crippen LogP contribution in [0.1, 0.15) is 19.3 Å². The summed E-state index contributed by atoms with van der Waals surface area (Å²) in [6.45, 7) is 0. The lowest BCUT2D eigenvalue weighted by Crippen LogP contribution is -2.24. The minimum atomic E-state index is -0.597. The molecule has 3 heteroatoms. The maximum Gasteiger partial charge on any atom is 0.158 e. The van der Waals surface area contributed by atoms with Gasteiger partial charge in [0.1, 0.15) is 0 Å². The topological polar surface area (TPSA) is 49.7 Å². The Labute approximate surface area is 71.3 Å². The fraction of sp³-hybridized carbons (Fsp3) is 1.00. The molecule has 0 aromatic rings. The quantitative estimate of drug-likeness (QED) is 0.542. The molecular formula is C9H14O3.